The molecule has 6 heteroatoms. The maximum atomic E-state index is 11.3. The highest BCUT2D eigenvalue weighted by Crippen LogP contribution is 2.24. The first kappa shape index (κ1) is 31.9. The smallest absolute Gasteiger partial charge is 0.333 e. The summed E-state index contributed by atoms with van der Waals surface area (Å²) in [6, 6.07) is 12.8. The maximum Gasteiger partial charge on any atom is 0.333 e. The number of phenolic OH excluding ortho intramolecular Hbond substituents is 1. The van der Waals surface area contributed by atoms with Gasteiger partial charge in [-0.25, -0.2) is 4.79 Å². The molecule has 0 radical (unpaired) electrons. The van der Waals surface area contributed by atoms with E-state index in [9.17, 15) is 9.90 Å². The molecule has 0 saturated heterocycles. The zero-order valence-electron chi connectivity index (χ0n) is 24.0. The Morgan fingerprint density at radius 2 is 1.33 bits per heavy atom. The molecular weight excluding hydrogens is 490 g/mol. The Labute approximate surface area is 235 Å². The van der Waals surface area contributed by atoms with E-state index in [1.54, 1.807) is 31.3 Å². The monoisotopic (exact) mass is 537 g/mol. The van der Waals surface area contributed by atoms with Gasteiger partial charge in [0, 0.05) is 23.4 Å². The average molecular weight is 538 g/mol. The number of phenols is 1. The van der Waals surface area contributed by atoms with Crippen LogP contribution in [0.2, 0.25) is 0 Å². The molecule has 0 heterocycles. The van der Waals surface area contributed by atoms with Crippen molar-refractivity contribution in [3.05, 3.63) is 60.2 Å². The molecule has 0 saturated carbocycles. The van der Waals surface area contributed by atoms with Crippen LogP contribution in [0.4, 0.5) is 5.69 Å². The van der Waals surface area contributed by atoms with Crippen molar-refractivity contribution in [3.8, 4) is 17.2 Å². The number of benzene rings is 2. The lowest BCUT2D eigenvalue weighted by atomic mass is 10.1. The van der Waals surface area contributed by atoms with Crippen molar-refractivity contribution in [3.63, 3.8) is 0 Å². The van der Waals surface area contributed by atoms with E-state index in [1.165, 1.54) is 57.8 Å². The van der Waals surface area contributed by atoms with E-state index >= 15 is 0 Å². The van der Waals surface area contributed by atoms with Crippen LogP contribution in [-0.4, -0.2) is 37.1 Å². The summed E-state index contributed by atoms with van der Waals surface area (Å²) in [5, 5.41) is 10.3. The number of hydrogen-bond donors (Lipinski definition) is 1. The van der Waals surface area contributed by atoms with Gasteiger partial charge in [0.25, 0.3) is 0 Å². The first-order valence-electron chi connectivity index (χ1n) is 14.5. The Balaban J connectivity index is 1.61. The summed E-state index contributed by atoms with van der Waals surface area (Å²) in [5.74, 6) is 1.15. The van der Waals surface area contributed by atoms with Crippen molar-refractivity contribution in [2.75, 3.05) is 19.8 Å². The standard InChI is InChI=1S/C33H47NO5/c1-4-5-6-7-8-9-10-11-12-13-22-37-30-20-17-29(18-21-30)34-26-28-16-19-31(25-32(28)35)38-23-14-15-24-39-33(36)27(2)3/h16-21,25-26,35H,2,4-15,22-24H2,1,3H3. The predicted octanol–water partition coefficient (Wildman–Crippen LogP) is 8.72. The van der Waals surface area contributed by atoms with Gasteiger partial charge in [0.2, 0.25) is 0 Å². The number of unbranched alkanes of at least 4 members (excludes halogenated alkanes) is 10. The lowest BCUT2D eigenvalue weighted by Crippen LogP contribution is -2.07. The number of aliphatic imine (C=N–C) groups is 1. The van der Waals surface area contributed by atoms with Gasteiger partial charge in [0.1, 0.15) is 17.2 Å². The molecule has 214 valence electrons. The molecule has 2 rings (SSSR count). The molecule has 1 N–H and O–H groups in total. The highest BCUT2D eigenvalue weighted by Gasteiger charge is 2.04. The molecule has 2 aromatic carbocycles. The Morgan fingerprint density at radius 1 is 0.795 bits per heavy atom. The number of esters is 1. The number of carbonyl (C=O) groups is 1. The summed E-state index contributed by atoms with van der Waals surface area (Å²) < 4.78 is 16.6. The zero-order valence-corrected chi connectivity index (χ0v) is 24.0. The molecule has 6 nitrogen and oxygen atoms in total. The van der Waals surface area contributed by atoms with Gasteiger partial charge in [-0.1, -0.05) is 71.3 Å². The predicted molar refractivity (Wildman–Crippen MR) is 160 cm³/mol. The topological polar surface area (TPSA) is 77.4 Å². The largest absolute Gasteiger partial charge is 0.507 e. The minimum atomic E-state index is -0.373. The van der Waals surface area contributed by atoms with Crippen LogP contribution in [-0.2, 0) is 9.53 Å². The summed E-state index contributed by atoms with van der Waals surface area (Å²) >= 11 is 0. The van der Waals surface area contributed by atoms with Crippen molar-refractivity contribution >= 4 is 17.9 Å². The number of aromatic hydroxyl groups is 1. The lowest BCUT2D eigenvalue weighted by Gasteiger charge is -2.08. The van der Waals surface area contributed by atoms with Gasteiger partial charge < -0.3 is 19.3 Å². The molecule has 0 atom stereocenters. The van der Waals surface area contributed by atoms with Crippen LogP contribution in [0.25, 0.3) is 0 Å². The van der Waals surface area contributed by atoms with Gasteiger partial charge >= 0.3 is 5.97 Å². The fourth-order valence-corrected chi connectivity index (χ4v) is 3.96. The summed E-state index contributed by atoms with van der Waals surface area (Å²) in [7, 11) is 0. The average Bonchev–Trinajstić information content (AvgIpc) is 2.93. The van der Waals surface area contributed by atoms with Gasteiger partial charge in [0.15, 0.2) is 0 Å². The minimum absolute atomic E-state index is 0.100. The summed E-state index contributed by atoms with van der Waals surface area (Å²) in [4.78, 5) is 15.8. The fraction of sp³-hybridized carbons (Fsp3) is 0.515. The van der Waals surface area contributed by atoms with Gasteiger partial charge in [-0.3, -0.25) is 4.99 Å². The van der Waals surface area contributed by atoms with Gasteiger partial charge in [0.05, 0.1) is 25.5 Å². The van der Waals surface area contributed by atoms with E-state index in [0.717, 1.165) is 30.9 Å². The van der Waals surface area contributed by atoms with Crippen molar-refractivity contribution < 1.29 is 24.1 Å². The molecule has 0 aromatic heterocycles. The van der Waals surface area contributed by atoms with Crippen LogP contribution < -0.4 is 9.47 Å². The van der Waals surface area contributed by atoms with Crippen molar-refractivity contribution in [2.24, 2.45) is 4.99 Å². The van der Waals surface area contributed by atoms with E-state index in [0.29, 0.717) is 36.5 Å². The Hall–Kier alpha value is -3.28. The summed E-state index contributed by atoms with van der Waals surface area (Å²) in [5.41, 5.74) is 1.79. The first-order valence-corrected chi connectivity index (χ1v) is 14.5. The normalized spacial score (nSPS) is 11.0. The van der Waals surface area contributed by atoms with Crippen LogP contribution in [0.3, 0.4) is 0 Å². The van der Waals surface area contributed by atoms with E-state index < -0.39 is 0 Å². The van der Waals surface area contributed by atoms with Crippen LogP contribution in [0.1, 0.15) is 96.5 Å². The maximum absolute atomic E-state index is 11.3. The fourth-order valence-electron chi connectivity index (χ4n) is 3.96. The van der Waals surface area contributed by atoms with E-state index in [2.05, 4.69) is 18.5 Å². The number of carbonyl (C=O) groups excluding carboxylic acids is 1. The van der Waals surface area contributed by atoms with Crippen molar-refractivity contribution in [1.82, 2.24) is 0 Å². The van der Waals surface area contributed by atoms with Crippen LogP contribution in [0, 0.1) is 0 Å². The SMILES string of the molecule is C=C(C)C(=O)OCCCCOc1ccc(C=Nc2ccc(OCCCCCCCCCCCC)cc2)c(O)c1. The Bertz CT molecular complexity index is 1000. The molecule has 2 aromatic rings. The third-order valence-corrected chi connectivity index (χ3v) is 6.35. The van der Waals surface area contributed by atoms with E-state index in [1.807, 2.05) is 24.3 Å². The second-order valence-electron chi connectivity index (χ2n) is 9.97. The third kappa shape index (κ3) is 14.4. The quantitative estimate of drug-likeness (QED) is 0.0745. The molecule has 0 spiro atoms. The highest BCUT2D eigenvalue weighted by molar-refractivity contribution is 5.87. The molecule has 0 aliphatic rings. The minimum Gasteiger partial charge on any atom is -0.507 e. The summed E-state index contributed by atoms with van der Waals surface area (Å²) in [6.07, 6.45) is 16.2. The molecule has 0 aliphatic carbocycles. The first-order chi connectivity index (χ1) is 19.0. The molecule has 0 fully saturated rings. The third-order valence-electron chi connectivity index (χ3n) is 6.35. The molecule has 0 amide bonds. The second-order valence-corrected chi connectivity index (χ2v) is 9.97. The van der Waals surface area contributed by atoms with Crippen LogP contribution >= 0.6 is 0 Å². The number of nitrogens with zero attached hydrogens (tertiary/aromatic N) is 1. The van der Waals surface area contributed by atoms with E-state index in [4.69, 9.17) is 14.2 Å². The van der Waals surface area contributed by atoms with Gasteiger partial charge in [-0.2, -0.15) is 0 Å². The number of rotatable bonds is 21. The zero-order chi connectivity index (χ0) is 28.1. The van der Waals surface area contributed by atoms with E-state index in [-0.39, 0.29) is 11.7 Å². The molecule has 39 heavy (non-hydrogen) atoms. The highest BCUT2D eigenvalue weighted by atomic mass is 16.5. The molecule has 0 bridgehead atoms. The Morgan fingerprint density at radius 3 is 1.95 bits per heavy atom. The van der Waals surface area contributed by atoms with Gasteiger partial charge in [-0.05, 0) is 62.6 Å². The summed E-state index contributed by atoms with van der Waals surface area (Å²) in [6.45, 7) is 8.97. The number of hydrogen-bond acceptors (Lipinski definition) is 6. The Kier molecular flexibility index (Phi) is 16.2. The number of ether oxygens (including phenoxy) is 3. The van der Waals surface area contributed by atoms with Crippen molar-refractivity contribution in [1.29, 1.82) is 0 Å². The van der Waals surface area contributed by atoms with Gasteiger partial charge in [-0.15, -0.1) is 0 Å². The van der Waals surface area contributed by atoms with Crippen LogP contribution in [0.5, 0.6) is 17.2 Å². The molecule has 0 unspecified atom stereocenters. The molecular formula is C33H47NO5. The lowest BCUT2D eigenvalue weighted by molar-refractivity contribution is -0.139. The van der Waals surface area contributed by atoms with Crippen LogP contribution in [0.15, 0.2) is 59.6 Å². The second kappa shape index (κ2) is 19.7. The molecule has 0 aliphatic heterocycles. The van der Waals surface area contributed by atoms with Crippen molar-refractivity contribution in [2.45, 2.75) is 90.9 Å².